The van der Waals surface area contributed by atoms with E-state index in [0.717, 1.165) is 39.0 Å². The molecular weight excluding hydrogens is 655 g/mol. The molecule has 258 valence electrons. The van der Waals surface area contributed by atoms with E-state index in [1.165, 1.54) is 66.4 Å². The standard InChI is InChI=1S/C52H39NO/c1-51(2)45-18-9-7-16-39(45)41-24-21-35(28-47(41)51)34-14-11-15-36(27-34)53(37-22-20-32-12-5-6-13-33(32)26-37)38-23-25-49-43(29-38)44-30-42-40-17-8-10-19-46(40)52(3,4)48(42)31-50(44)54-49/h5-31H,1-4H3. The predicted molar refractivity (Wildman–Crippen MR) is 226 cm³/mol. The zero-order valence-electron chi connectivity index (χ0n) is 30.9. The van der Waals surface area contributed by atoms with Gasteiger partial charge in [-0.1, -0.05) is 131 Å². The highest BCUT2D eigenvalue weighted by Gasteiger charge is 2.37. The SMILES string of the molecule is CC1(C)c2ccccc2-c2ccc(-c3cccc(N(c4ccc5ccccc5c4)c4ccc5oc6cc7c(cc6c5c4)-c4ccccc4C7(C)C)c3)cc21. The van der Waals surface area contributed by atoms with E-state index < -0.39 is 0 Å². The van der Waals surface area contributed by atoms with Crippen LogP contribution in [-0.4, -0.2) is 0 Å². The van der Waals surface area contributed by atoms with Crippen LogP contribution in [0.25, 0.3) is 66.1 Å². The third-order valence-corrected chi connectivity index (χ3v) is 12.4. The van der Waals surface area contributed by atoms with Crippen LogP contribution in [0.15, 0.2) is 168 Å². The van der Waals surface area contributed by atoms with Gasteiger partial charge >= 0.3 is 0 Å². The van der Waals surface area contributed by atoms with Crippen LogP contribution >= 0.6 is 0 Å². The van der Waals surface area contributed by atoms with Crippen molar-refractivity contribution in [3.8, 4) is 33.4 Å². The highest BCUT2D eigenvalue weighted by atomic mass is 16.3. The molecule has 8 aromatic carbocycles. The summed E-state index contributed by atoms with van der Waals surface area (Å²) in [4.78, 5) is 2.40. The second kappa shape index (κ2) is 11.1. The van der Waals surface area contributed by atoms with Crippen molar-refractivity contribution < 1.29 is 4.42 Å². The predicted octanol–water partition coefficient (Wildman–Crippen LogP) is 14.5. The van der Waals surface area contributed by atoms with Gasteiger partial charge in [-0.05, 0) is 127 Å². The van der Waals surface area contributed by atoms with Gasteiger partial charge in [-0.25, -0.2) is 0 Å². The summed E-state index contributed by atoms with van der Waals surface area (Å²) in [6.07, 6.45) is 0. The van der Waals surface area contributed by atoms with Gasteiger partial charge < -0.3 is 9.32 Å². The molecule has 0 aliphatic heterocycles. The van der Waals surface area contributed by atoms with E-state index in [2.05, 4.69) is 196 Å². The largest absolute Gasteiger partial charge is 0.456 e. The van der Waals surface area contributed by atoms with E-state index in [1.807, 2.05) is 0 Å². The number of benzene rings is 8. The summed E-state index contributed by atoms with van der Waals surface area (Å²) in [7, 11) is 0. The summed E-state index contributed by atoms with van der Waals surface area (Å²) in [5, 5.41) is 4.70. The summed E-state index contributed by atoms with van der Waals surface area (Å²) in [6.45, 7) is 9.34. The van der Waals surface area contributed by atoms with Crippen molar-refractivity contribution in [1.29, 1.82) is 0 Å². The number of furan rings is 1. The van der Waals surface area contributed by atoms with Crippen LogP contribution in [0, 0.1) is 0 Å². The number of nitrogens with zero attached hydrogens (tertiary/aromatic N) is 1. The molecule has 54 heavy (non-hydrogen) atoms. The molecule has 11 rings (SSSR count). The lowest BCUT2D eigenvalue weighted by atomic mass is 9.81. The summed E-state index contributed by atoms with van der Waals surface area (Å²) in [5.41, 5.74) is 18.2. The first-order valence-corrected chi connectivity index (χ1v) is 19.0. The Labute approximate surface area is 315 Å². The molecule has 9 aromatic rings. The van der Waals surface area contributed by atoms with Crippen molar-refractivity contribution in [2.75, 3.05) is 4.90 Å². The Hall–Kier alpha value is -6.38. The molecular formula is C52H39NO. The molecule has 0 amide bonds. The smallest absolute Gasteiger partial charge is 0.135 e. The number of hydrogen-bond donors (Lipinski definition) is 0. The van der Waals surface area contributed by atoms with Crippen LogP contribution in [0.4, 0.5) is 17.1 Å². The average Bonchev–Trinajstić information content (AvgIpc) is 3.76. The Morgan fingerprint density at radius 2 is 0.963 bits per heavy atom. The van der Waals surface area contributed by atoms with Crippen molar-refractivity contribution in [3.63, 3.8) is 0 Å². The van der Waals surface area contributed by atoms with Crippen molar-refractivity contribution >= 4 is 49.8 Å². The maximum Gasteiger partial charge on any atom is 0.135 e. The van der Waals surface area contributed by atoms with Gasteiger partial charge in [-0.3, -0.25) is 0 Å². The quantitative estimate of drug-likeness (QED) is 0.182. The van der Waals surface area contributed by atoms with Crippen molar-refractivity contribution in [1.82, 2.24) is 0 Å². The van der Waals surface area contributed by atoms with Crippen molar-refractivity contribution in [2.45, 2.75) is 38.5 Å². The summed E-state index contributed by atoms with van der Waals surface area (Å²) < 4.78 is 6.61. The van der Waals surface area contributed by atoms with Gasteiger partial charge in [0, 0.05) is 38.7 Å². The van der Waals surface area contributed by atoms with Crippen LogP contribution in [0.5, 0.6) is 0 Å². The van der Waals surface area contributed by atoms with Crippen molar-refractivity contribution in [3.05, 3.63) is 186 Å². The molecule has 2 nitrogen and oxygen atoms in total. The third kappa shape index (κ3) is 4.40. The molecule has 0 unspecified atom stereocenters. The molecule has 0 radical (unpaired) electrons. The first-order chi connectivity index (χ1) is 26.3. The lowest BCUT2D eigenvalue weighted by Crippen LogP contribution is -2.14. The Morgan fingerprint density at radius 1 is 0.370 bits per heavy atom. The molecule has 0 N–H and O–H groups in total. The molecule has 1 heterocycles. The van der Waals surface area contributed by atoms with E-state index in [4.69, 9.17) is 4.42 Å². The third-order valence-electron chi connectivity index (χ3n) is 12.4. The Bertz CT molecular complexity index is 3010. The lowest BCUT2D eigenvalue weighted by molar-refractivity contribution is 0.647. The lowest BCUT2D eigenvalue weighted by Gasteiger charge is -2.26. The van der Waals surface area contributed by atoms with Gasteiger partial charge in [-0.2, -0.15) is 0 Å². The van der Waals surface area contributed by atoms with Crippen LogP contribution in [-0.2, 0) is 10.8 Å². The molecule has 1 aromatic heterocycles. The fourth-order valence-corrected chi connectivity index (χ4v) is 9.57. The van der Waals surface area contributed by atoms with Crippen LogP contribution < -0.4 is 4.90 Å². The van der Waals surface area contributed by atoms with E-state index in [1.54, 1.807) is 0 Å². The minimum absolute atomic E-state index is 0.0581. The molecule has 0 fully saturated rings. The van der Waals surface area contributed by atoms with Gasteiger partial charge in [0.25, 0.3) is 0 Å². The fraction of sp³-hybridized carbons (Fsp3) is 0.115. The normalized spacial score (nSPS) is 14.6. The molecule has 0 spiro atoms. The molecule has 0 bridgehead atoms. The maximum atomic E-state index is 6.61. The summed E-state index contributed by atoms with van der Waals surface area (Å²) >= 11 is 0. The van der Waals surface area contributed by atoms with Gasteiger partial charge in [0.05, 0.1) is 0 Å². The van der Waals surface area contributed by atoms with Crippen LogP contribution in [0.3, 0.4) is 0 Å². The summed E-state index contributed by atoms with van der Waals surface area (Å²) in [5.74, 6) is 0. The maximum absolute atomic E-state index is 6.61. The van der Waals surface area contributed by atoms with E-state index >= 15 is 0 Å². The molecule has 0 saturated carbocycles. The first-order valence-electron chi connectivity index (χ1n) is 19.0. The average molecular weight is 694 g/mol. The molecule has 2 aliphatic rings. The zero-order chi connectivity index (χ0) is 36.3. The Morgan fingerprint density at radius 3 is 1.76 bits per heavy atom. The molecule has 0 atom stereocenters. The second-order valence-electron chi connectivity index (χ2n) is 16.2. The first kappa shape index (κ1) is 31.2. The van der Waals surface area contributed by atoms with Crippen LogP contribution in [0.2, 0.25) is 0 Å². The second-order valence-corrected chi connectivity index (χ2v) is 16.2. The monoisotopic (exact) mass is 693 g/mol. The van der Waals surface area contributed by atoms with Gasteiger partial charge in [0.1, 0.15) is 11.2 Å². The minimum Gasteiger partial charge on any atom is -0.456 e. The number of fused-ring (bicyclic) bond motifs is 10. The van der Waals surface area contributed by atoms with Crippen molar-refractivity contribution in [2.24, 2.45) is 0 Å². The molecule has 2 heteroatoms. The van der Waals surface area contributed by atoms with Gasteiger partial charge in [0.15, 0.2) is 0 Å². The topological polar surface area (TPSA) is 16.4 Å². The number of anilines is 3. The van der Waals surface area contributed by atoms with Gasteiger partial charge in [-0.15, -0.1) is 0 Å². The molecule has 0 saturated heterocycles. The highest BCUT2D eigenvalue weighted by Crippen LogP contribution is 2.52. The van der Waals surface area contributed by atoms with Crippen LogP contribution in [0.1, 0.15) is 49.9 Å². The summed E-state index contributed by atoms with van der Waals surface area (Å²) in [6, 6.07) is 60.4. The van der Waals surface area contributed by atoms with E-state index in [9.17, 15) is 0 Å². The molecule has 2 aliphatic carbocycles. The number of hydrogen-bond acceptors (Lipinski definition) is 2. The fourth-order valence-electron chi connectivity index (χ4n) is 9.57. The van der Waals surface area contributed by atoms with Gasteiger partial charge in [0.2, 0.25) is 0 Å². The zero-order valence-corrected chi connectivity index (χ0v) is 30.9. The highest BCUT2D eigenvalue weighted by molar-refractivity contribution is 6.09. The van der Waals surface area contributed by atoms with E-state index in [-0.39, 0.29) is 10.8 Å². The number of rotatable bonds is 4. The Balaban J connectivity index is 1.08. The Kier molecular flexibility index (Phi) is 6.39. The van der Waals surface area contributed by atoms with E-state index in [0.29, 0.717) is 0 Å². The minimum atomic E-state index is -0.0826.